The van der Waals surface area contributed by atoms with Crippen LogP contribution in [0.2, 0.25) is 0 Å². The van der Waals surface area contributed by atoms with Crippen molar-refractivity contribution in [1.82, 2.24) is 9.97 Å². The Balaban J connectivity index is 1.85. The molecule has 0 aliphatic heterocycles. The highest BCUT2D eigenvalue weighted by Gasteiger charge is 2.23. The molecule has 0 fully saturated rings. The average Bonchev–Trinajstić information content (AvgIpc) is 2.76. The summed E-state index contributed by atoms with van der Waals surface area (Å²) < 4.78 is 5.38. The Bertz CT molecular complexity index is 732. The molecule has 0 aliphatic carbocycles. The van der Waals surface area contributed by atoms with E-state index >= 15 is 0 Å². The minimum Gasteiger partial charge on any atom is -0.425 e. The molecule has 0 saturated heterocycles. The first-order valence-electron chi connectivity index (χ1n) is 10.8. The molecule has 1 heterocycles. The predicted octanol–water partition coefficient (Wildman–Crippen LogP) is 6.61. The first kappa shape index (κ1) is 23.3. The van der Waals surface area contributed by atoms with Crippen LogP contribution in [0.3, 0.4) is 0 Å². The van der Waals surface area contributed by atoms with Gasteiger partial charge in [0.05, 0.1) is 0 Å². The molecule has 0 amide bonds. The van der Waals surface area contributed by atoms with Crippen LogP contribution >= 0.6 is 11.6 Å². The zero-order valence-corrected chi connectivity index (χ0v) is 18.6. The van der Waals surface area contributed by atoms with E-state index in [1.54, 1.807) is 12.1 Å². The first-order valence-corrected chi connectivity index (χ1v) is 11.3. The second-order valence-electron chi connectivity index (χ2n) is 7.67. The van der Waals surface area contributed by atoms with E-state index in [0.717, 1.165) is 18.4 Å². The fourth-order valence-electron chi connectivity index (χ4n) is 3.03. The summed E-state index contributed by atoms with van der Waals surface area (Å²) in [6.45, 7) is 6.18. The van der Waals surface area contributed by atoms with Gasteiger partial charge in [-0.2, -0.15) is 0 Å². The van der Waals surface area contributed by atoms with Crippen molar-refractivity contribution in [2.24, 2.45) is 5.92 Å². The topological polar surface area (TPSA) is 52.1 Å². The Morgan fingerprint density at radius 2 is 1.62 bits per heavy atom. The summed E-state index contributed by atoms with van der Waals surface area (Å²) in [5.74, 6) is 0.813. The van der Waals surface area contributed by atoms with Crippen LogP contribution in [0.15, 0.2) is 36.7 Å². The minimum atomic E-state index is -0.637. The maximum atomic E-state index is 12.1. The number of aromatic nitrogens is 2. The SMILES string of the molecule is CCCCCCCCc1cnc(-c2ccc(OC(=O)C(Cl)C(C)CC)cc2)nc1. The number of ether oxygens (including phenoxy) is 1. The van der Waals surface area contributed by atoms with E-state index in [-0.39, 0.29) is 5.92 Å². The summed E-state index contributed by atoms with van der Waals surface area (Å²) >= 11 is 6.15. The van der Waals surface area contributed by atoms with Crippen LogP contribution in [0.5, 0.6) is 5.75 Å². The smallest absolute Gasteiger partial charge is 0.329 e. The number of hydrogen-bond acceptors (Lipinski definition) is 4. The molecule has 2 aromatic rings. The van der Waals surface area contributed by atoms with Gasteiger partial charge in [-0.15, -0.1) is 11.6 Å². The molecular formula is C24H33ClN2O2. The molecule has 1 aromatic carbocycles. The largest absolute Gasteiger partial charge is 0.425 e. The molecule has 158 valence electrons. The van der Waals surface area contributed by atoms with Gasteiger partial charge < -0.3 is 4.74 Å². The lowest BCUT2D eigenvalue weighted by Gasteiger charge is -2.14. The average molecular weight is 417 g/mol. The monoisotopic (exact) mass is 416 g/mol. The molecule has 2 rings (SSSR count). The molecule has 5 heteroatoms. The van der Waals surface area contributed by atoms with Gasteiger partial charge in [-0.3, -0.25) is 4.79 Å². The summed E-state index contributed by atoms with van der Waals surface area (Å²) in [7, 11) is 0. The molecule has 0 saturated carbocycles. The van der Waals surface area contributed by atoms with Gasteiger partial charge in [-0.1, -0.05) is 59.3 Å². The number of rotatable bonds is 12. The highest BCUT2D eigenvalue weighted by molar-refractivity contribution is 6.30. The first-order chi connectivity index (χ1) is 14.0. The summed E-state index contributed by atoms with van der Waals surface area (Å²) in [6, 6.07) is 7.22. The molecule has 29 heavy (non-hydrogen) atoms. The van der Waals surface area contributed by atoms with Gasteiger partial charge in [0.2, 0.25) is 0 Å². The summed E-state index contributed by atoms with van der Waals surface area (Å²) in [5.41, 5.74) is 2.06. The van der Waals surface area contributed by atoms with E-state index < -0.39 is 11.3 Å². The number of esters is 1. The van der Waals surface area contributed by atoms with E-state index in [0.29, 0.717) is 11.6 Å². The highest BCUT2D eigenvalue weighted by Crippen LogP contribution is 2.22. The van der Waals surface area contributed by atoms with Gasteiger partial charge in [0.15, 0.2) is 5.82 Å². The molecule has 0 aliphatic rings. The standard InChI is InChI=1S/C24H33ClN2O2/c1-4-6-7-8-9-10-11-19-16-26-23(27-17-19)20-12-14-21(15-13-20)29-24(28)22(25)18(3)5-2/h12-18,22H,4-11H2,1-3H3. The van der Waals surface area contributed by atoms with Gasteiger partial charge in [-0.25, -0.2) is 9.97 Å². The van der Waals surface area contributed by atoms with Crippen LogP contribution < -0.4 is 4.74 Å². The van der Waals surface area contributed by atoms with Gasteiger partial charge >= 0.3 is 5.97 Å². The van der Waals surface area contributed by atoms with Gasteiger partial charge in [-0.05, 0) is 48.6 Å². The van der Waals surface area contributed by atoms with Gasteiger partial charge in [0.1, 0.15) is 11.1 Å². The second kappa shape index (κ2) is 12.6. The van der Waals surface area contributed by atoms with Crippen molar-refractivity contribution in [3.63, 3.8) is 0 Å². The number of benzene rings is 1. The summed E-state index contributed by atoms with van der Waals surface area (Å²) in [4.78, 5) is 21.1. The number of nitrogens with zero attached hydrogens (tertiary/aromatic N) is 2. The van der Waals surface area contributed by atoms with Crippen molar-refractivity contribution < 1.29 is 9.53 Å². The zero-order valence-electron chi connectivity index (χ0n) is 17.9. The zero-order chi connectivity index (χ0) is 21.1. The Hall–Kier alpha value is -1.94. The van der Waals surface area contributed by atoms with Crippen molar-refractivity contribution in [2.75, 3.05) is 0 Å². The number of aryl methyl sites for hydroxylation is 1. The maximum Gasteiger partial charge on any atom is 0.329 e. The van der Waals surface area contributed by atoms with Crippen molar-refractivity contribution >= 4 is 17.6 Å². The number of carbonyl (C=O) groups excluding carboxylic acids is 1. The van der Waals surface area contributed by atoms with Crippen LogP contribution in [0.1, 0.15) is 71.3 Å². The number of alkyl halides is 1. The second-order valence-corrected chi connectivity index (χ2v) is 8.14. The molecule has 4 nitrogen and oxygen atoms in total. The fourth-order valence-corrected chi connectivity index (χ4v) is 3.25. The molecule has 0 spiro atoms. The van der Waals surface area contributed by atoms with Gasteiger partial charge in [0.25, 0.3) is 0 Å². The van der Waals surface area contributed by atoms with Crippen molar-refractivity contribution in [1.29, 1.82) is 0 Å². The molecule has 2 unspecified atom stereocenters. The van der Waals surface area contributed by atoms with E-state index in [2.05, 4.69) is 16.9 Å². The van der Waals surface area contributed by atoms with Crippen LogP contribution in [0.4, 0.5) is 0 Å². The highest BCUT2D eigenvalue weighted by atomic mass is 35.5. The normalized spacial score (nSPS) is 13.1. The van der Waals surface area contributed by atoms with Crippen molar-refractivity contribution in [3.05, 3.63) is 42.2 Å². The molecule has 0 radical (unpaired) electrons. The maximum absolute atomic E-state index is 12.1. The van der Waals surface area contributed by atoms with E-state index in [9.17, 15) is 4.79 Å². The minimum absolute atomic E-state index is 0.0756. The van der Waals surface area contributed by atoms with Gasteiger partial charge in [0, 0.05) is 18.0 Å². The lowest BCUT2D eigenvalue weighted by Crippen LogP contribution is -2.26. The third-order valence-electron chi connectivity index (χ3n) is 5.22. The van der Waals surface area contributed by atoms with Crippen molar-refractivity contribution in [2.45, 2.75) is 77.5 Å². The Kier molecular flexibility index (Phi) is 10.1. The number of hydrogen-bond donors (Lipinski definition) is 0. The lowest BCUT2D eigenvalue weighted by molar-refractivity contribution is -0.134. The van der Waals surface area contributed by atoms with E-state index in [1.807, 2.05) is 38.4 Å². The van der Waals surface area contributed by atoms with E-state index in [4.69, 9.17) is 16.3 Å². The van der Waals surface area contributed by atoms with Crippen LogP contribution in [-0.2, 0) is 11.2 Å². The number of carbonyl (C=O) groups is 1. The fraction of sp³-hybridized carbons (Fsp3) is 0.542. The lowest BCUT2D eigenvalue weighted by atomic mass is 10.1. The summed E-state index contributed by atoms with van der Waals surface area (Å²) in [5, 5.41) is -0.637. The molecule has 0 N–H and O–H groups in total. The van der Waals surface area contributed by atoms with E-state index in [1.165, 1.54) is 44.1 Å². The molecule has 2 atom stereocenters. The molecule has 1 aromatic heterocycles. The number of unbranched alkanes of at least 4 members (excludes halogenated alkanes) is 5. The quantitative estimate of drug-likeness (QED) is 0.169. The molecular weight excluding hydrogens is 384 g/mol. The van der Waals surface area contributed by atoms with Crippen LogP contribution in [0.25, 0.3) is 11.4 Å². The Morgan fingerprint density at radius 1 is 1.00 bits per heavy atom. The van der Waals surface area contributed by atoms with Crippen LogP contribution in [-0.4, -0.2) is 21.3 Å². The Morgan fingerprint density at radius 3 is 2.24 bits per heavy atom. The Labute approximate surface area is 180 Å². The molecule has 0 bridgehead atoms. The van der Waals surface area contributed by atoms with Crippen LogP contribution in [0, 0.1) is 5.92 Å². The third-order valence-corrected chi connectivity index (χ3v) is 5.83. The third kappa shape index (κ3) is 7.77. The predicted molar refractivity (Wildman–Crippen MR) is 119 cm³/mol. The number of halogens is 1. The van der Waals surface area contributed by atoms with Crippen molar-refractivity contribution in [3.8, 4) is 17.1 Å². The summed E-state index contributed by atoms with van der Waals surface area (Å²) in [6.07, 6.45) is 13.4.